The molecule has 2 aromatic carbocycles. The van der Waals surface area contributed by atoms with Crippen LogP contribution in [-0.4, -0.2) is 43.1 Å². The normalized spacial score (nSPS) is 15.8. The van der Waals surface area contributed by atoms with Crippen LogP contribution in [0.15, 0.2) is 53.0 Å². The first-order valence-electron chi connectivity index (χ1n) is 8.24. The summed E-state index contributed by atoms with van der Waals surface area (Å²) in [5, 5.41) is 0.729. The highest BCUT2D eigenvalue weighted by molar-refractivity contribution is 9.10. The fourth-order valence-corrected chi connectivity index (χ4v) is 3.33. The summed E-state index contributed by atoms with van der Waals surface area (Å²) in [6, 6.07) is 15.3. The summed E-state index contributed by atoms with van der Waals surface area (Å²) in [5.74, 6) is 0.718. The second-order valence-electron chi connectivity index (χ2n) is 6.01. The molecule has 25 heavy (non-hydrogen) atoms. The van der Waals surface area contributed by atoms with Crippen molar-refractivity contribution in [1.29, 1.82) is 0 Å². The van der Waals surface area contributed by atoms with Crippen molar-refractivity contribution in [3.63, 3.8) is 0 Å². The van der Waals surface area contributed by atoms with Crippen molar-refractivity contribution in [2.24, 2.45) is 0 Å². The van der Waals surface area contributed by atoms with Crippen molar-refractivity contribution in [2.45, 2.75) is 13.0 Å². The van der Waals surface area contributed by atoms with Crippen LogP contribution in [0.4, 0.5) is 5.69 Å². The second-order valence-corrected chi connectivity index (χ2v) is 7.36. The molecule has 0 N–H and O–H groups in total. The van der Waals surface area contributed by atoms with E-state index in [1.54, 1.807) is 6.92 Å². The number of anilines is 1. The molecule has 4 nitrogen and oxygen atoms in total. The molecule has 0 bridgehead atoms. The quantitative estimate of drug-likeness (QED) is 0.738. The van der Waals surface area contributed by atoms with Gasteiger partial charge in [-0.1, -0.05) is 33.6 Å². The SMILES string of the molecule is C[C@H](Oc1ccc(Br)cc1)C(=O)N1CCN(c2cccc(Cl)c2)CC1. The Bertz CT molecular complexity index is 730. The lowest BCUT2D eigenvalue weighted by molar-refractivity contribution is -0.138. The zero-order valence-electron chi connectivity index (χ0n) is 14.0. The number of hydrogen-bond acceptors (Lipinski definition) is 3. The molecule has 0 aromatic heterocycles. The van der Waals surface area contributed by atoms with Crippen LogP contribution in [0.2, 0.25) is 5.02 Å². The molecule has 1 aliphatic heterocycles. The number of nitrogens with zero attached hydrogens (tertiary/aromatic N) is 2. The predicted octanol–water partition coefficient (Wildman–Crippen LogP) is 4.22. The zero-order valence-corrected chi connectivity index (χ0v) is 16.3. The minimum atomic E-state index is -0.501. The lowest BCUT2D eigenvalue weighted by Crippen LogP contribution is -2.52. The molecule has 1 heterocycles. The fraction of sp³-hybridized carbons (Fsp3) is 0.316. The summed E-state index contributed by atoms with van der Waals surface area (Å²) in [6.07, 6.45) is -0.501. The molecule has 1 aliphatic rings. The molecule has 1 saturated heterocycles. The van der Waals surface area contributed by atoms with Crippen molar-refractivity contribution in [1.82, 2.24) is 4.90 Å². The van der Waals surface area contributed by atoms with Gasteiger partial charge in [0.15, 0.2) is 6.10 Å². The molecule has 0 aliphatic carbocycles. The molecule has 1 fully saturated rings. The molecule has 0 saturated carbocycles. The Hall–Kier alpha value is -1.72. The van der Waals surface area contributed by atoms with Crippen LogP contribution in [0.25, 0.3) is 0 Å². The van der Waals surface area contributed by atoms with E-state index in [0.717, 1.165) is 28.3 Å². The lowest BCUT2D eigenvalue weighted by atomic mass is 10.2. The molecule has 1 atom stereocenters. The monoisotopic (exact) mass is 422 g/mol. The van der Waals surface area contributed by atoms with E-state index in [1.165, 1.54) is 0 Å². The van der Waals surface area contributed by atoms with Gasteiger partial charge in [-0.2, -0.15) is 0 Å². The number of amides is 1. The maximum absolute atomic E-state index is 12.6. The Kier molecular flexibility index (Phi) is 5.86. The van der Waals surface area contributed by atoms with E-state index in [1.807, 2.05) is 53.4 Å². The fourth-order valence-electron chi connectivity index (χ4n) is 2.88. The first kappa shape index (κ1) is 18.1. The van der Waals surface area contributed by atoms with Crippen LogP contribution in [0, 0.1) is 0 Å². The number of ether oxygens (including phenoxy) is 1. The third-order valence-corrected chi connectivity index (χ3v) is 5.00. The van der Waals surface area contributed by atoms with E-state index in [4.69, 9.17) is 16.3 Å². The molecule has 132 valence electrons. The van der Waals surface area contributed by atoms with Gasteiger partial charge in [0.05, 0.1) is 0 Å². The molecule has 1 amide bonds. The Morgan fingerprint density at radius 1 is 1.12 bits per heavy atom. The van der Waals surface area contributed by atoms with Gasteiger partial charge in [0.2, 0.25) is 0 Å². The number of rotatable bonds is 4. The molecule has 3 rings (SSSR count). The summed E-state index contributed by atoms with van der Waals surface area (Å²) in [7, 11) is 0. The van der Waals surface area contributed by atoms with Gasteiger partial charge in [-0.15, -0.1) is 0 Å². The first-order chi connectivity index (χ1) is 12.0. The summed E-state index contributed by atoms with van der Waals surface area (Å²) in [4.78, 5) is 16.7. The van der Waals surface area contributed by atoms with Crippen molar-refractivity contribution < 1.29 is 9.53 Å². The molecule has 2 aromatic rings. The number of benzene rings is 2. The van der Waals surface area contributed by atoms with E-state index < -0.39 is 6.10 Å². The second kappa shape index (κ2) is 8.11. The molecular weight excluding hydrogens is 404 g/mol. The Balaban J connectivity index is 1.54. The number of carbonyl (C=O) groups excluding carboxylic acids is 1. The molecule has 6 heteroatoms. The number of hydrogen-bond donors (Lipinski definition) is 0. The zero-order chi connectivity index (χ0) is 17.8. The molecule has 0 unspecified atom stereocenters. The van der Waals surface area contributed by atoms with Crippen molar-refractivity contribution in [3.8, 4) is 5.75 Å². The van der Waals surface area contributed by atoms with Crippen LogP contribution in [-0.2, 0) is 4.79 Å². The average Bonchev–Trinajstić information content (AvgIpc) is 2.63. The highest BCUT2D eigenvalue weighted by Crippen LogP contribution is 2.22. The minimum Gasteiger partial charge on any atom is -0.481 e. The van der Waals surface area contributed by atoms with Crippen LogP contribution >= 0.6 is 27.5 Å². The number of halogens is 2. The van der Waals surface area contributed by atoms with Gasteiger partial charge in [0, 0.05) is 41.4 Å². The maximum atomic E-state index is 12.6. The third-order valence-electron chi connectivity index (χ3n) is 4.24. The maximum Gasteiger partial charge on any atom is 0.263 e. The standard InChI is InChI=1S/C19H20BrClN2O2/c1-14(25-18-7-5-15(20)6-8-18)19(24)23-11-9-22(10-12-23)17-4-2-3-16(21)13-17/h2-8,13-14H,9-12H2,1H3/t14-/m0/s1. The smallest absolute Gasteiger partial charge is 0.263 e. The van der Waals surface area contributed by atoms with Crippen LogP contribution in [0.3, 0.4) is 0 Å². The van der Waals surface area contributed by atoms with Crippen LogP contribution < -0.4 is 9.64 Å². The van der Waals surface area contributed by atoms with E-state index in [0.29, 0.717) is 18.8 Å². The summed E-state index contributed by atoms with van der Waals surface area (Å²) in [5.41, 5.74) is 1.10. The summed E-state index contributed by atoms with van der Waals surface area (Å²) < 4.78 is 6.75. The van der Waals surface area contributed by atoms with Gasteiger partial charge in [-0.05, 0) is 49.4 Å². The molecular formula is C19H20BrClN2O2. The van der Waals surface area contributed by atoms with Gasteiger partial charge in [-0.25, -0.2) is 0 Å². The van der Waals surface area contributed by atoms with E-state index in [9.17, 15) is 4.79 Å². The number of carbonyl (C=O) groups is 1. The summed E-state index contributed by atoms with van der Waals surface area (Å²) >= 11 is 9.45. The van der Waals surface area contributed by atoms with Crippen LogP contribution in [0.5, 0.6) is 5.75 Å². The Morgan fingerprint density at radius 2 is 1.80 bits per heavy atom. The van der Waals surface area contributed by atoms with Gasteiger partial charge in [0.1, 0.15) is 5.75 Å². The Labute approximate surface area is 161 Å². The number of piperazine rings is 1. The largest absolute Gasteiger partial charge is 0.481 e. The highest BCUT2D eigenvalue weighted by Gasteiger charge is 2.26. The third kappa shape index (κ3) is 4.67. The van der Waals surface area contributed by atoms with E-state index >= 15 is 0 Å². The summed E-state index contributed by atoms with van der Waals surface area (Å²) in [6.45, 7) is 4.74. The lowest BCUT2D eigenvalue weighted by Gasteiger charge is -2.37. The average molecular weight is 424 g/mol. The van der Waals surface area contributed by atoms with Gasteiger partial charge in [0.25, 0.3) is 5.91 Å². The van der Waals surface area contributed by atoms with E-state index in [2.05, 4.69) is 20.8 Å². The van der Waals surface area contributed by atoms with Crippen molar-refractivity contribution >= 4 is 39.1 Å². The van der Waals surface area contributed by atoms with Crippen molar-refractivity contribution in [2.75, 3.05) is 31.1 Å². The first-order valence-corrected chi connectivity index (χ1v) is 9.41. The van der Waals surface area contributed by atoms with Gasteiger partial charge in [-0.3, -0.25) is 4.79 Å². The van der Waals surface area contributed by atoms with Crippen molar-refractivity contribution in [3.05, 3.63) is 58.0 Å². The molecule has 0 spiro atoms. The Morgan fingerprint density at radius 3 is 2.44 bits per heavy atom. The van der Waals surface area contributed by atoms with Gasteiger partial charge < -0.3 is 14.5 Å². The minimum absolute atomic E-state index is 0.0219. The highest BCUT2D eigenvalue weighted by atomic mass is 79.9. The van der Waals surface area contributed by atoms with E-state index in [-0.39, 0.29) is 5.91 Å². The van der Waals surface area contributed by atoms with Gasteiger partial charge >= 0.3 is 0 Å². The predicted molar refractivity (Wildman–Crippen MR) is 104 cm³/mol. The molecule has 0 radical (unpaired) electrons. The topological polar surface area (TPSA) is 32.8 Å². The van der Waals surface area contributed by atoms with Crippen LogP contribution in [0.1, 0.15) is 6.92 Å².